The van der Waals surface area contributed by atoms with Crippen molar-refractivity contribution in [1.29, 1.82) is 0 Å². The molecule has 0 saturated heterocycles. The first kappa shape index (κ1) is 18.7. The van der Waals surface area contributed by atoms with Crippen LogP contribution in [0.1, 0.15) is 43.8 Å². The van der Waals surface area contributed by atoms with Crippen LogP contribution in [0, 0.1) is 13.8 Å². The number of hydrogen-bond donors (Lipinski definition) is 3. The van der Waals surface area contributed by atoms with Crippen LogP contribution >= 0.6 is 0 Å². The van der Waals surface area contributed by atoms with Gasteiger partial charge < -0.3 is 9.40 Å². The molecule has 0 fully saturated rings. The van der Waals surface area contributed by atoms with Crippen molar-refractivity contribution in [2.24, 2.45) is 0 Å². The van der Waals surface area contributed by atoms with E-state index in [-0.39, 0.29) is 11.7 Å². The van der Waals surface area contributed by atoms with Crippen molar-refractivity contribution in [3.05, 3.63) is 95.1 Å². The summed E-state index contributed by atoms with van der Waals surface area (Å²) in [5.74, 6) is 0.684. The van der Waals surface area contributed by atoms with Gasteiger partial charge in [-0.2, -0.15) is 0 Å². The molecule has 2 heterocycles. The van der Waals surface area contributed by atoms with E-state index >= 15 is 0 Å². The van der Waals surface area contributed by atoms with Crippen molar-refractivity contribution in [2.75, 3.05) is 0 Å². The van der Waals surface area contributed by atoms with E-state index < -0.39 is 6.04 Å². The van der Waals surface area contributed by atoms with Gasteiger partial charge in [-0.15, -0.1) is 0 Å². The van der Waals surface area contributed by atoms with E-state index in [9.17, 15) is 9.59 Å². The molecular formula is C23H21N3O3. The zero-order chi connectivity index (χ0) is 20.4. The van der Waals surface area contributed by atoms with E-state index in [0.717, 1.165) is 16.5 Å². The van der Waals surface area contributed by atoms with Gasteiger partial charge in [-0.3, -0.25) is 15.0 Å². The molecule has 0 aliphatic heterocycles. The maximum Gasteiger partial charge on any atom is 0.268 e. The van der Waals surface area contributed by atoms with E-state index in [2.05, 4.69) is 15.8 Å². The Labute approximate surface area is 167 Å². The molecule has 0 bridgehead atoms. The van der Waals surface area contributed by atoms with Gasteiger partial charge in [-0.1, -0.05) is 48.5 Å². The first-order valence-electron chi connectivity index (χ1n) is 9.33. The summed E-state index contributed by atoms with van der Waals surface area (Å²) in [4.78, 5) is 29.1. The first-order chi connectivity index (χ1) is 14.0. The molecule has 3 N–H and O–H groups in total. The number of hydrazine groups is 1. The molecule has 1 unspecified atom stereocenters. The average molecular weight is 387 g/mol. The summed E-state index contributed by atoms with van der Waals surface area (Å²) >= 11 is 0. The molecular weight excluding hydrogens is 366 g/mol. The third-order valence-electron chi connectivity index (χ3n) is 4.87. The zero-order valence-electron chi connectivity index (χ0n) is 16.2. The molecule has 0 radical (unpaired) electrons. The van der Waals surface area contributed by atoms with Crippen LogP contribution in [0.3, 0.4) is 0 Å². The van der Waals surface area contributed by atoms with Crippen LogP contribution in [-0.4, -0.2) is 16.7 Å². The van der Waals surface area contributed by atoms with E-state index in [4.69, 9.17) is 4.42 Å². The molecule has 29 heavy (non-hydrogen) atoms. The Balaban J connectivity index is 1.63. The molecule has 0 aliphatic carbocycles. The topological polar surface area (TPSA) is 87.1 Å². The third kappa shape index (κ3) is 3.70. The minimum absolute atomic E-state index is 0.144. The summed E-state index contributed by atoms with van der Waals surface area (Å²) in [6, 6.07) is 17.9. The minimum Gasteiger partial charge on any atom is -0.466 e. The average Bonchev–Trinajstić information content (AvgIpc) is 3.31. The van der Waals surface area contributed by atoms with Gasteiger partial charge >= 0.3 is 0 Å². The monoisotopic (exact) mass is 387 g/mol. The second-order valence-corrected chi connectivity index (χ2v) is 6.88. The summed E-state index contributed by atoms with van der Waals surface area (Å²) < 4.78 is 5.42. The van der Waals surface area contributed by atoms with Crippen LogP contribution < -0.4 is 10.9 Å². The minimum atomic E-state index is -0.743. The number of amides is 1. The number of rotatable bonds is 6. The van der Waals surface area contributed by atoms with Crippen molar-refractivity contribution >= 4 is 22.6 Å². The molecule has 0 saturated carbocycles. The lowest BCUT2D eigenvalue weighted by Gasteiger charge is -2.18. The lowest BCUT2D eigenvalue weighted by molar-refractivity contribution is 0.0883. The van der Waals surface area contributed by atoms with Gasteiger partial charge in [0.1, 0.15) is 17.6 Å². The highest BCUT2D eigenvalue weighted by molar-refractivity contribution is 6.10. The molecule has 146 valence electrons. The highest BCUT2D eigenvalue weighted by Gasteiger charge is 2.25. The summed E-state index contributed by atoms with van der Waals surface area (Å²) in [7, 11) is 0. The van der Waals surface area contributed by atoms with Gasteiger partial charge in [-0.25, -0.2) is 5.43 Å². The molecule has 0 aliphatic rings. The largest absolute Gasteiger partial charge is 0.466 e. The van der Waals surface area contributed by atoms with Crippen molar-refractivity contribution in [2.45, 2.75) is 19.9 Å². The van der Waals surface area contributed by atoms with Crippen LogP contribution in [0.25, 0.3) is 10.9 Å². The lowest BCUT2D eigenvalue weighted by atomic mass is 9.97. The Bertz CT molecular complexity index is 1170. The highest BCUT2D eigenvalue weighted by atomic mass is 16.3. The molecule has 6 heteroatoms. The fourth-order valence-corrected chi connectivity index (χ4v) is 3.44. The smallest absolute Gasteiger partial charge is 0.268 e. The van der Waals surface area contributed by atoms with E-state index in [1.54, 1.807) is 26.1 Å². The SMILES string of the molecule is Cc1cc(C(=O)NNC(C(=O)c2c[nH]c3ccccc23)c2ccccc2)c(C)o1. The van der Waals surface area contributed by atoms with Gasteiger partial charge in [0, 0.05) is 22.7 Å². The second-order valence-electron chi connectivity index (χ2n) is 6.88. The third-order valence-corrected chi connectivity index (χ3v) is 4.87. The number of carbonyl (C=O) groups is 2. The number of aryl methyl sites for hydroxylation is 2. The van der Waals surface area contributed by atoms with Gasteiger partial charge in [0.25, 0.3) is 5.91 Å². The lowest BCUT2D eigenvalue weighted by Crippen LogP contribution is -2.43. The number of carbonyl (C=O) groups excluding carboxylic acids is 2. The summed E-state index contributed by atoms with van der Waals surface area (Å²) in [6.45, 7) is 3.51. The predicted octanol–water partition coefficient (Wildman–Crippen LogP) is 4.24. The van der Waals surface area contributed by atoms with Crippen molar-refractivity contribution in [1.82, 2.24) is 15.8 Å². The fourth-order valence-electron chi connectivity index (χ4n) is 3.44. The quantitative estimate of drug-likeness (QED) is 0.341. The number of para-hydroxylation sites is 1. The van der Waals surface area contributed by atoms with Crippen molar-refractivity contribution in [3.8, 4) is 0 Å². The first-order valence-corrected chi connectivity index (χ1v) is 9.33. The van der Waals surface area contributed by atoms with E-state index in [0.29, 0.717) is 22.6 Å². The number of aromatic amines is 1. The molecule has 0 spiro atoms. The zero-order valence-corrected chi connectivity index (χ0v) is 16.2. The Morgan fingerprint density at radius 1 is 0.966 bits per heavy atom. The molecule has 1 atom stereocenters. The molecule has 2 aromatic carbocycles. The second kappa shape index (κ2) is 7.77. The Hall–Kier alpha value is -3.64. The number of aromatic nitrogens is 1. The van der Waals surface area contributed by atoms with Crippen molar-refractivity contribution < 1.29 is 14.0 Å². The van der Waals surface area contributed by atoms with Crippen LogP contribution in [0.2, 0.25) is 0 Å². The molecule has 4 aromatic rings. The summed E-state index contributed by atoms with van der Waals surface area (Å²) in [6.07, 6.45) is 1.70. The van der Waals surface area contributed by atoms with Gasteiger partial charge in [-0.05, 0) is 31.5 Å². The number of nitrogens with one attached hydrogen (secondary N) is 3. The Kier molecular flexibility index (Phi) is 5.01. The normalized spacial score (nSPS) is 12.1. The van der Waals surface area contributed by atoms with Crippen molar-refractivity contribution in [3.63, 3.8) is 0 Å². The molecule has 4 rings (SSSR count). The maximum absolute atomic E-state index is 13.4. The number of Topliss-reactive ketones (excluding diaryl/α,β-unsaturated/α-hetero) is 1. The van der Waals surface area contributed by atoms with Crippen LogP contribution in [0.4, 0.5) is 0 Å². The maximum atomic E-state index is 13.4. The van der Waals surface area contributed by atoms with Crippen LogP contribution in [0.15, 0.2) is 71.3 Å². The standard InChI is InChI=1S/C23H21N3O3/c1-14-12-18(15(2)29-14)23(28)26-25-21(16-8-4-3-5-9-16)22(27)19-13-24-20-11-7-6-10-17(19)20/h3-13,21,24-25H,1-2H3,(H,26,28). The summed E-state index contributed by atoms with van der Waals surface area (Å²) in [5, 5.41) is 0.841. The number of fused-ring (bicyclic) bond motifs is 1. The predicted molar refractivity (Wildman–Crippen MR) is 111 cm³/mol. The Morgan fingerprint density at radius 2 is 1.69 bits per heavy atom. The summed E-state index contributed by atoms with van der Waals surface area (Å²) in [5.41, 5.74) is 8.21. The molecule has 1 amide bonds. The van der Waals surface area contributed by atoms with Gasteiger partial charge in [0.15, 0.2) is 5.78 Å². The van der Waals surface area contributed by atoms with Gasteiger partial charge in [0.2, 0.25) is 0 Å². The molecule has 6 nitrogen and oxygen atoms in total. The van der Waals surface area contributed by atoms with Crippen LogP contribution in [0.5, 0.6) is 0 Å². The number of ketones is 1. The number of benzene rings is 2. The van der Waals surface area contributed by atoms with E-state index in [1.165, 1.54) is 0 Å². The van der Waals surface area contributed by atoms with Gasteiger partial charge in [0.05, 0.1) is 5.56 Å². The van der Waals surface area contributed by atoms with Crippen LogP contribution in [-0.2, 0) is 0 Å². The number of hydrogen-bond acceptors (Lipinski definition) is 4. The highest BCUT2D eigenvalue weighted by Crippen LogP contribution is 2.24. The molecule has 2 aromatic heterocycles. The number of furan rings is 1. The van der Waals surface area contributed by atoms with E-state index in [1.807, 2.05) is 54.6 Å². The number of H-pyrrole nitrogens is 1. The Morgan fingerprint density at radius 3 is 2.41 bits per heavy atom. The fraction of sp³-hybridized carbons (Fsp3) is 0.130.